The minimum Gasteiger partial charge on any atom is -0.221 e. The zero-order valence-corrected chi connectivity index (χ0v) is 8.56. The minimum atomic E-state index is 0.485. The van der Waals surface area contributed by atoms with Crippen LogP contribution in [0, 0.1) is 0 Å². The van der Waals surface area contributed by atoms with Gasteiger partial charge in [0, 0.05) is 11.5 Å². The van der Waals surface area contributed by atoms with Gasteiger partial charge in [-0.05, 0) is 29.6 Å². The van der Waals surface area contributed by atoms with E-state index in [2.05, 4.69) is 20.3 Å². The fourth-order valence-electron chi connectivity index (χ4n) is 1.39. The lowest BCUT2D eigenvalue weighted by Crippen LogP contribution is -1.96. The van der Waals surface area contributed by atoms with Crippen LogP contribution in [0.5, 0.6) is 0 Å². The van der Waals surface area contributed by atoms with Crippen LogP contribution in [0.25, 0.3) is 16.1 Å². The summed E-state index contributed by atoms with van der Waals surface area (Å²) in [6.07, 6.45) is 4.17. The molecule has 0 radical (unpaired) electrons. The summed E-state index contributed by atoms with van der Waals surface area (Å²) in [7, 11) is 0. The van der Waals surface area contributed by atoms with E-state index in [0.717, 1.165) is 17.7 Å². The molecule has 0 aliphatic rings. The van der Waals surface area contributed by atoms with E-state index >= 15 is 0 Å². The lowest BCUT2D eigenvalue weighted by Gasteiger charge is -2.01. The summed E-state index contributed by atoms with van der Waals surface area (Å²) < 4.78 is 1.69. The molecule has 2 rings (SSSR count). The number of nitrogens with zero attached hydrogens (tertiary/aromatic N) is 6. The van der Waals surface area contributed by atoms with Crippen molar-refractivity contribution in [1.29, 1.82) is 0 Å². The van der Waals surface area contributed by atoms with Gasteiger partial charge in [0.1, 0.15) is 0 Å². The van der Waals surface area contributed by atoms with Crippen LogP contribution < -0.4 is 0 Å². The Bertz CT molecular complexity index is 481. The van der Waals surface area contributed by atoms with E-state index in [0.29, 0.717) is 6.54 Å². The number of hydrogen-bond acceptors (Lipinski definition) is 3. The zero-order chi connectivity index (χ0) is 11.2. The van der Waals surface area contributed by atoms with E-state index in [1.54, 1.807) is 17.1 Å². The van der Waals surface area contributed by atoms with Gasteiger partial charge in [0.05, 0.1) is 18.1 Å². The van der Waals surface area contributed by atoms with E-state index in [1.165, 1.54) is 0 Å². The third kappa shape index (κ3) is 2.37. The summed E-state index contributed by atoms with van der Waals surface area (Å²) in [5.41, 5.74) is 10.3. The minimum absolute atomic E-state index is 0.485. The highest BCUT2D eigenvalue weighted by Gasteiger charge is 1.97. The summed E-state index contributed by atoms with van der Waals surface area (Å²) in [6.45, 7) is 0.485. The SMILES string of the molecule is [N-]=[N+]=NCCc1ccc(-n2ccnn2)cc1. The summed E-state index contributed by atoms with van der Waals surface area (Å²) in [5.74, 6) is 0. The van der Waals surface area contributed by atoms with Gasteiger partial charge in [0.25, 0.3) is 0 Å². The Morgan fingerprint density at radius 2 is 2.12 bits per heavy atom. The summed E-state index contributed by atoms with van der Waals surface area (Å²) in [4.78, 5) is 2.71. The van der Waals surface area contributed by atoms with Crippen molar-refractivity contribution in [2.45, 2.75) is 6.42 Å². The second-order valence-electron chi connectivity index (χ2n) is 3.22. The second-order valence-corrected chi connectivity index (χ2v) is 3.22. The molecule has 0 N–H and O–H groups in total. The molecule has 80 valence electrons. The highest BCUT2D eigenvalue weighted by Crippen LogP contribution is 2.08. The van der Waals surface area contributed by atoms with Crippen molar-refractivity contribution in [3.05, 3.63) is 52.7 Å². The molecule has 0 aliphatic heterocycles. The van der Waals surface area contributed by atoms with E-state index in [-0.39, 0.29) is 0 Å². The Morgan fingerprint density at radius 1 is 1.31 bits per heavy atom. The van der Waals surface area contributed by atoms with Crippen molar-refractivity contribution >= 4 is 0 Å². The molecule has 0 bridgehead atoms. The van der Waals surface area contributed by atoms with Gasteiger partial charge in [-0.2, -0.15) is 0 Å². The zero-order valence-electron chi connectivity index (χ0n) is 8.56. The quantitative estimate of drug-likeness (QED) is 0.444. The molecule has 1 aromatic heterocycles. The molecule has 0 fully saturated rings. The topological polar surface area (TPSA) is 79.5 Å². The van der Waals surface area contributed by atoms with E-state index in [1.807, 2.05) is 24.3 Å². The number of rotatable bonds is 4. The van der Waals surface area contributed by atoms with Gasteiger partial charge < -0.3 is 0 Å². The predicted octanol–water partition coefficient (Wildman–Crippen LogP) is 2.12. The molecule has 0 atom stereocenters. The third-order valence-electron chi connectivity index (χ3n) is 2.19. The standard InChI is InChI=1S/C10H10N6/c11-14-12-6-5-9-1-3-10(4-2-9)16-8-7-13-15-16/h1-4,7-8H,5-6H2. The van der Waals surface area contributed by atoms with Gasteiger partial charge in [0.2, 0.25) is 0 Å². The normalized spacial score (nSPS) is 9.75. The first-order chi connectivity index (χ1) is 7.90. The number of azide groups is 1. The Labute approximate surface area is 92.1 Å². The first-order valence-corrected chi connectivity index (χ1v) is 4.86. The first-order valence-electron chi connectivity index (χ1n) is 4.86. The number of benzene rings is 1. The Balaban J connectivity index is 2.07. The van der Waals surface area contributed by atoms with E-state index in [9.17, 15) is 0 Å². The lowest BCUT2D eigenvalue weighted by atomic mass is 10.1. The maximum Gasteiger partial charge on any atom is 0.0697 e. The van der Waals surface area contributed by atoms with Gasteiger partial charge in [-0.15, -0.1) is 5.10 Å². The van der Waals surface area contributed by atoms with Crippen LogP contribution in [0.2, 0.25) is 0 Å². The average molecular weight is 214 g/mol. The van der Waals surface area contributed by atoms with Gasteiger partial charge in [-0.25, -0.2) is 4.68 Å². The van der Waals surface area contributed by atoms with Gasteiger partial charge in [0.15, 0.2) is 0 Å². The van der Waals surface area contributed by atoms with Crippen LogP contribution in [0.1, 0.15) is 5.56 Å². The van der Waals surface area contributed by atoms with Crippen LogP contribution >= 0.6 is 0 Å². The van der Waals surface area contributed by atoms with Gasteiger partial charge >= 0.3 is 0 Å². The Morgan fingerprint density at radius 3 is 2.75 bits per heavy atom. The Hall–Kier alpha value is -2.33. The average Bonchev–Trinajstić information content (AvgIpc) is 2.84. The molecule has 1 aromatic carbocycles. The fraction of sp³-hybridized carbons (Fsp3) is 0.200. The van der Waals surface area contributed by atoms with E-state index < -0.39 is 0 Å². The van der Waals surface area contributed by atoms with Crippen molar-refractivity contribution in [1.82, 2.24) is 15.0 Å². The molecule has 0 aliphatic carbocycles. The number of aromatic nitrogens is 3. The monoisotopic (exact) mass is 214 g/mol. The molecular formula is C10H10N6. The molecule has 0 amide bonds. The molecular weight excluding hydrogens is 204 g/mol. The lowest BCUT2D eigenvalue weighted by molar-refractivity contribution is 0.802. The fourth-order valence-corrected chi connectivity index (χ4v) is 1.39. The maximum atomic E-state index is 8.15. The molecule has 0 saturated heterocycles. The highest BCUT2D eigenvalue weighted by atomic mass is 15.4. The smallest absolute Gasteiger partial charge is 0.0697 e. The van der Waals surface area contributed by atoms with Crippen molar-refractivity contribution in [3.63, 3.8) is 0 Å². The molecule has 2 aromatic rings. The molecule has 16 heavy (non-hydrogen) atoms. The van der Waals surface area contributed by atoms with Crippen molar-refractivity contribution in [2.75, 3.05) is 6.54 Å². The largest absolute Gasteiger partial charge is 0.221 e. The maximum absolute atomic E-state index is 8.15. The molecule has 0 spiro atoms. The molecule has 6 nitrogen and oxygen atoms in total. The molecule has 6 heteroatoms. The van der Waals surface area contributed by atoms with Crippen molar-refractivity contribution in [3.8, 4) is 5.69 Å². The predicted molar refractivity (Wildman–Crippen MR) is 59.1 cm³/mol. The van der Waals surface area contributed by atoms with Gasteiger partial charge in [-0.3, -0.25) is 0 Å². The summed E-state index contributed by atoms with van der Waals surface area (Å²) in [5, 5.41) is 11.1. The molecule has 1 heterocycles. The van der Waals surface area contributed by atoms with Crippen LogP contribution in [-0.2, 0) is 6.42 Å². The van der Waals surface area contributed by atoms with Crippen LogP contribution in [0.15, 0.2) is 41.8 Å². The highest BCUT2D eigenvalue weighted by molar-refractivity contribution is 5.33. The summed E-state index contributed by atoms with van der Waals surface area (Å²) in [6, 6.07) is 7.90. The van der Waals surface area contributed by atoms with Crippen LogP contribution in [-0.4, -0.2) is 21.5 Å². The number of hydrogen-bond donors (Lipinski definition) is 0. The van der Waals surface area contributed by atoms with Crippen LogP contribution in [0.4, 0.5) is 0 Å². The molecule has 0 unspecified atom stereocenters. The van der Waals surface area contributed by atoms with Gasteiger partial charge in [-0.1, -0.05) is 22.5 Å². The van der Waals surface area contributed by atoms with Crippen LogP contribution in [0.3, 0.4) is 0 Å². The second kappa shape index (κ2) is 4.95. The van der Waals surface area contributed by atoms with E-state index in [4.69, 9.17) is 5.53 Å². The first kappa shape index (κ1) is 10.2. The Kier molecular flexibility index (Phi) is 3.15. The van der Waals surface area contributed by atoms with Crippen molar-refractivity contribution in [2.24, 2.45) is 5.11 Å². The third-order valence-corrected chi connectivity index (χ3v) is 2.19. The molecule has 0 saturated carbocycles. The van der Waals surface area contributed by atoms with Crippen molar-refractivity contribution < 1.29 is 0 Å². The summed E-state index contributed by atoms with van der Waals surface area (Å²) >= 11 is 0.